The quantitative estimate of drug-likeness (QED) is 0.870. The van der Waals surface area contributed by atoms with Crippen molar-refractivity contribution in [2.75, 3.05) is 7.11 Å². The number of methoxy groups -OCH3 is 1. The van der Waals surface area contributed by atoms with Crippen molar-refractivity contribution >= 4 is 23.4 Å². The largest absolute Gasteiger partial charge is 0.466 e. The van der Waals surface area contributed by atoms with Crippen LogP contribution in [0, 0.1) is 0 Å². The first-order valence-corrected chi connectivity index (χ1v) is 7.78. The number of carbonyl (C=O) groups excluding carboxylic acids is 1. The fraction of sp³-hybridized carbons (Fsp3) is 0.167. The van der Waals surface area contributed by atoms with Crippen LogP contribution in [0.5, 0.6) is 0 Å². The molecule has 0 aliphatic carbocycles. The standard InChI is InChI=1S/C18H16ClN3O2/c1-11-15(18(23)24-2)16(13-7-3-4-8-14(13)19)22-17(21-11)12-6-5-9-20-10-12/h3-10,16H,1-2H3,(H,21,22). The lowest BCUT2D eigenvalue weighted by atomic mass is 9.95. The number of rotatable bonds is 3. The summed E-state index contributed by atoms with van der Waals surface area (Å²) >= 11 is 6.34. The van der Waals surface area contributed by atoms with Gasteiger partial charge in [0.1, 0.15) is 11.9 Å². The zero-order valence-electron chi connectivity index (χ0n) is 13.3. The third kappa shape index (κ3) is 3.03. The summed E-state index contributed by atoms with van der Waals surface area (Å²) in [6.45, 7) is 1.82. The van der Waals surface area contributed by atoms with Gasteiger partial charge in [0.05, 0.1) is 12.7 Å². The first-order chi connectivity index (χ1) is 11.6. The Balaban J connectivity index is 2.13. The minimum Gasteiger partial charge on any atom is -0.466 e. The maximum atomic E-state index is 12.3. The minimum atomic E-state index is -0.539. The van der Waals surface area contributed by atoms with Crippen LogP contribution in [-0.2, 0) is 9.53 Å². The van der Waals surface area contributed by atoms with Crippen molar-refractivity contribution < 1.29 is 9.53 Å². The molecule has 24 heavy (non-hydrogen) atoms. The third-order valence-electron chi connectivity index (χ3n) is 3.78. The number of esters is 1. The lowest BCUT2D eigenvalue weighted by molar-refractivity contribution is -0.136. The Labute approximate surface area is 145 Å². The Bertz CT molecular complexity index is 831. The number of allylic oxidation sites excluding steroid dienone is 1. The van der Waals surface area contributed by atoms with Crippen LogP contribution >= 0.6 is 11.6 Å². The molecule has 1 aliphatic heterocycles. The van der Waals surface area contributed by atoms with Gasteiger partial charge in [-0.15, -0.1) is 0 Å². The zero-order chi connectivity index (χ0) is 17.1. The van der Waals surface area contributed by atoms with E-state index in [4.69, 9.17) is 21.3 Å². The van der Waals surface area contributed by atoms with Crippen LogP contribution in [0.1, 0.15) is 24.1 Å². The molecule has 0 bridgehead atoms. The molecule has 2 heterocycles. The fourth-order valence-electron chi connectivity index (χ4n) is 2.62. The molecule has 0 radical (unpaired) electrons. The van der Waals surface area contributed by atoms with Crippen molar-refractivity contribution in [1.82, 2.24) is 10.3 Å². The first kappa shape index (κ1) is 16.2. The van der Waals surface area contributed by atoms with Gasteiger partial charge in [-0.05, 0) is 25.1 Å². The van der Waals surface area contributed by atoms with E-state index in [2.05, 4.69) is 10.3 Å². The van der Waals surface area contributed by atoms with Gasteiger partial charge in [-0.25, -0.2) is 4.79 Å². The number of aliphatic imine (C=N–C) groups is 1. The highest BCUT2D eigenvalue weighted by molar-refractivity contribution is 6.31. The van der Waals surface area contributed by atoms with E-state index in [0.29, 0.717) is 22.1 Å². The number of hydrogen-bond acceptors (Lipinski definition) is 5. The summed E-state index contributed by atoms with van der Waals surface area (Å²) in [5, 5.41) is 3.71. The van der Waals surface area contributed by atoms with E-state index in [0.717, 1.165) is 11.1 Å². The van der Waals surface area contributed by atoms with Gasteiger partial charge in [-0.3, -0.25) is 9.98 Å². The molecule has 0 saturated heterocycles. The molecule has 0 spiro atoms. The van der Waals surface area contributed by atoms with Crippen molar-refractivity contribution in [3.8, 4) is 0 Å². The molecule has 1 N–H and O–H groups in total. The van der Waals surface area contributed by atoms with Gasteiger partial charge in [0.25, 0.3) is 0 Å². The van der Waals surface area contributed by atoms with Crippen molar-refractivity contribution in [3.63, 3.8) is 0 Å². The molecule has 122 valence electrons. The lowest BCUT2D eigenvalue weighted by Crippen LogP contribution is -2.32. The summed E-state index contributed by atoms with van der Waals surface area (Å²) in [5.74, 6) is 0.206. The van der Waals surface area contributed by atoms with Crippen LogP contribution in [0.25, 0.3) is 0 Å². The van der Waals surface area contributed by atoms with Gasteiger partial charge in [-0.1, -0.05) is 29.8 Å². The molecule has 1 aromatic heterocycles. The fourth-order valence-corrected chi connectivity index (χ4v) is 2.86. The average Bonchev–Trinajstić information content (AvgIpc) is 2.61. The second-order valence-corrected chi connectivity index (χ2v) is 5.71. The zero-order valence-corrected chi connectivity index (χ0v) is 14.0. The van der Waals surface area contributed by atoms with Crippen molar-refractivity contribution in [1.29, 1.82) is 0 Å². The maximum Gasteiger partial charge on any atom is 0.338 e. The van der Waals surface area contributed by atoms with Crippen LogP contribution < -0.4 is 5.32 Å². The smallest absolute Gasteiger partial charge is 0.338 e. The van der Waals surface area contributed by atoms with E-state index in [1.54, 1.807) is 18.5 Å². The summed E-state index contributed by atoms with van der Waals surface area (Å²) in [6, 6.07) is 10.5. The molecule has 3 rings (SSSR count). The Kier molecular flexibility index (Phi) is 4.62. The van der Waals surface area contributed by atoms with Crippen molar-refractivity contribution in [2.24, 2.45) is 4.99 Å². The number of halogens is 1. The van der Waals surface area contributed by atoms with Gasteiger partial charge in [0.2, 0.25) is 0 Å². The van der Waals surface area contributed by atoms with Crippen LogP contribution in [0.15, 0.2) is 65.1 Å². The summed E-state index contributed by atoms with van der Waals surface area (Å²) in [6.07, 6.45) is 3.41. The summed E-state index contributed by atoms with van der Waals surface area (Å²) in [7, 11) is 1.35. The minimum absolute atomic E-state index is 0.432. The number of ether oxygens (including phenoxy) is 1. The molecule has 1 aliphatic rings. The SMILES string of the molecule is COC(=O)C1=C(C)NC(c2cccnc2)=NC1c1ccccc1Cl. The second kappa shape index (κ2) is 6.84. The van der Waals surface area contributed by atoms with E-state index in [9.17, 15) is 4.79 Å². The van der Waals surface area contributed by atoms with Crippen LogP contribution in [0.3, 0.4) is 0 Å². The third-order valence-corrected chi connectivity index (χ3v) is 4.13. The highest BCUT2D eigenvalue weighted by Crippen LogP contribution is 2.35. The number of benzene rings is 1. The number of aromatic nitrogens is 1. The Morgan fingerprint density at radius 1 is 1.25 bits per heavy atom. The van der Waals surface area contributed by atoms with Gasteiger partial charge in [-0.2, -0.15) is 0 Å². The molecule has 0 amide bonds. The van der Waals surface area contributed by atoms with Crippen LogP contribution in [-0.4, -0.2) is 23.9 Å². The van der Waals surface area contributed by atoms with Crippen LogP contribution in [0.4, 0.5) is 0 Å². The normalized spacial score (nSPS) is 17.1. The highest BCUT2D eigenvalue weighted by atomic mass is 35.5. The molecule has 0 fully saturated rings. The molecule has 5 nitrogen and oxygen atoms in total. The molecule has 1 atom stereocenters. The van der Waals surface area contributed by atoms with E-state index < -0.39 is 12.0 Å². The summed E-state index contributed by atoms with van der Waals surface area (Å²) in [5.41, 5.74) is 2.71. The van der Waals surface area contributed by atoms with E-state index in [1.165, 1.54) is 7.11 Å². The molecule has 1 aromatic carbocycles. The van der Waals surface area contributed by atoms with E-state index in [1.807, 2.05) is 37.3 Å². The Morgan fingerprint density at radius 2 is 2.04 bits per heavy atom. The van der Waals surface area contributed by atoms with E-state index >= 15 is 0 Å². The van der Waals surface area contributed by atoms with Gasteiger partial charge < -0.3 is 10.1 Å². The maximum absolute atomic E-state index is 12.3. The molecule has 1 unspecified atom stereocenters. The predicted molar refractivity (Wildman–Crippen MR) is 92.8 cm³/mol. The summed E-state index contributed by atoms with van der Waals surface area (Å²) < 4.78 is 4.93. The lowest BCUT2D eigenvalue weighted by Gasteiger charge is -2.26. The molecule has 6 heteroatoms. The highest BCUT2D eigenvalue weighted by Gasteiger charge is 2.31. The van der Waals surface area contributed by atoms with Crippen molar-refractivity contribution in [2.45, 2.75) is 13.0 Å². The number of amidine groups is 1. The van der Waals surface area contributed by atoms with Gasteiger partial charge >= 0.3 is 5.97 Å². The number of nitrogens with one attached hydrogen (secondary N) is 1. The molecular weight excluding hydrogens is 326 g/mol. The van der Waals surface area contributed by atoms with Crippen molar-refractivity contribution in [3.05, 3.63) is 76.2 Å². The molecular formula is C18H16ClN3O2. The Hall–Kier alpha value is -2.66. The monoisotopic (exact) mass is 341 g/mol. The summed E-state index contributed by atoms with van der Waals surface area (Å²) in [4.78, 5) is 21.1. The predicted octanol–water partition coefficient (Wildman–Crippen LogP) is 3.27. The van der Waals surface area contributed by atoms with E-state index in [-0.39, 0.29) is 0 Å². The van der Waals surface area contributed by atoms with Gasteiger partial charge in [0.15, 0.2) is 0 Å². The molecule has 0 saturated carbocycles. The second-order valence-electron chi connectivity index (χ2n) is 5.30. The number of hydrogen-bond donors (Lipinski definition) is 1. The topological polar surface area (TPSA) is 63.6 Å². The Morgan fingerprint density at radius 3 is 2.71 bits per heavy atom. The van der Waals surface area contributed by atoms with Gasteiger partial charge in [0, 0.05) is 34.2 Å². The van der Waals surface area contributed by atoms with Crippen LogP contribution in [0.2, 0.25) is 5.02 Å². The number of carbonyl (C=O) groups is 1. The average molecular weight is 342 g/mol. The number of nitrogens with zero attached hydrogens (tertiary/aromatic N) is 2. The molecule has 2 aromatic rings. The number of pyridine rings is 1. The first-order valence-electron chi connectivity index (χ1n) is 7.40.